The molecule has 0 aliphatic carbocycles. The summed E-state index contributed by atoms with van der Waals surface area (Å²) in [4.78, 5) is 25.1. The molecule has 6 nitrogen and oxygen atoms in total. The van der Waals surface area contributed by atoms with Gasteiger partial charge < -0.3 is 9.88 Å². The van der Waals surface area contributed by atoms with Gasteiger partial charge in [-0.25, -0.2) is 8.78 Å². The molecule has 0 saturated carbocycles. The molecule has 32 heavy (non-hydrogen) atoms. The Morgan fingerprint density at radius 2 is 1.91 bits per heavy atom. The van der Waals surface area contributed by atoms with E-state index >= 15 is 0 Å². The van der Waals surface area contributed by atoms with Crippen molar-refractivity contribution in [3.05, 3.63) is 89.4 Å². The van der Waals surface area contributed by atoms with E-state index in [0.717, 1.165) is 11.1 Å². The van der Waals surface area contributed by atoms with Crippen molar-refractivity contribution in [2.45, 2.75) is 25.4 Å². The Kier molecular flexibility index (Phi) is 4.84. The first kappa shape index (κ1) is 20.1. The molecule has 1 N–H and O–H groups in total. The Hall–Kier alpha value is -3.81. The second-order valence-electron chi connectivity index (χ2n) is 8.06. The van der Waals surface area contributed by atoms with Crippen molar-refractivity contribution in [1.82, 2.24) is 19.7 Å². The number of nitrogens with one attached hydrogen (secondary N) is 1. The van der Waals surface area contributed by atoms with Gasteiger partial charge in [0.25, 0.3) is 11.8 Å². The van der Waals surface area contributed by atoms with Crippen LogP contribution in [0.5, 0.6) is 0 Å². The number of carbonyl (C=O) groups is 2. The van der Waals surface area contributed by atoms with Gasteiger partial charge in [-0.2, -0.15) is 5.10 Å². The van der Waals surface area contributed by atoms with Crippen LogP contribution in [0.25, 0.3) is 10.9 Å². The molecule has 0 atom stereocenters. The van der Waals surface area contributed by atoms with E-state index in [0.29, 0.717) is 23.0 Å². The van der Waals surface area contributed by atoms with Crippen LogP contribution in [0.15, 0.2) is 67.0 Å². The number of alkyl halides is 2. The lowest BCUT2D eigenvalue weighted by atomic mass is 10.0. The van der Waals surface area contributed by atoms with E-state index in [1.807, 2.05) is 36.5 Å². The summed E-state index contributed by atoms with van der Waals surface area (Å²) in [5.74, 6) is -3.76. The van der Waals surface area contributed by atoms with E-state index in [2.05, 4.69) is 10.4 Å². The molecule has 1 aliphatic rings. The highest BCUT2D eigenvalue weighted by Crippen LogP contribution is 2.28. The molecule has 2 aromatic heterocycles. The zero-order valence-electron chi connectivity index (χ0n) is 17.1. The van der Waals surface area contributed by atoms with Gasteiger partial charge in [0.05, 0.1) is 25.8 Å². The predicted molar refractivity (Wildman–Crippen MR) is 115 cm³/mol. The van der Waals surface area contributed by atoms with Crippen molar-refractivity contribution < 1.29 is 18.4 Å². The Morgan fingerprint density at radius 3 is 2.72 bits per heavy atom. The summed E-state index contributed by atoms with van der Waals surface area (Å²) in [6.07, 6.45) is 3.63. The minimum absolute atomic E-state index is 0.143. The number of hydrogen-bond acceptors (Lipinski definition) is 3. The van der Waals surface area contributed by atoms with Crippen molar-refractivity contribution in [3.8, 4) is 0 Å². The Morgan fingerprint density at radius 1 is 1.09 bits per heavy atom. The minimum Gasteiger partial charge on any atom is -0.345 e. The van der Waals surface area contributed by atoms with Gasteiger partial charge in [0, 0.05) is 29.1 Å². The molecule has 2 aromatic carbocycles. The van der Waals surface area contributed by atoms with Crippen LogP contribution in [0.1, 0.15) is 32.0 Å². The molecule has 0 radical (unpaired) electrons. The van der Waals surface area contributed by atoms with E-state index in [1.54, 1.807) is 35.1 Å². The third-order valence-corrected chi connectivity index (χ3v) is 5.59. The van der Waals surface area contributed by atoms with Gasteiger partial charge in [0.15, 0.2) is 5.78 Å². The summed E-state index contributed by atoms with van der Waals surface area (Å²) in [5.41, 5.74) is 2.90. The third-order valence-electron chi connectivity index (χ3n) is 5.59. The molecule has 0 fully saturated rings. The summed E-state index contributed by atoms with van der Waals surface area (Å²) in [6, 6.07) is 16.4. The SMILES string of the molecule is O=C(Cc1cnn(Cc2ccccc2)c1)c1ccc2cc3n(c2c1)CC(F)(F)CNC3=O. The highest BCUT2D eigenvalue weighted by Gasteiger charge is 2.35. The van der Waals surface area contributed by atoms with Gasteiger partial charge in [0.1, 0.15) is 5.69 Å². The minimum atomic E-state index is -3.07. The molecule has 0 bridgehead atoms. The van der Waals surface area contributed by atoms with E-state index in [1.165, 1.54) is 4.57 Å². The lowest BCUT2D eigenvalue weighted by Crippen LogP contribution is -2.35. The summed E-state index contributed by atoms with van der Waals surface area (Å²) in [5, 5.41) is 7.22. The maximum atomic E-state index is 14.1. The second-order valence-corrected chi connectivity index (χ2v) is 8.06. The topological polar surface area (TPSA) is 68.9 Å². The Labute approximate surface area is 182 Å². The number of hydrogen-bond donors (Lipinski definition) is 1. The fourth-order valence-corrected chi connectivity index (χ4v) is 4.02. The molecule has 162 valence electrons. The van der Waals surface area contributed by atoms with Crippen molar-refractivity contribution in [2.75, 3.05) is 6.54 Å². The number of Topliss-reactive ketones (excluding diaryl/α,β-unsaturated/α-hetero) is 1. The first-order chi connectivity index (χ1) is 15.4. The second kappa shape index (κ2) is 7.71. The van der Waals surface area contributed by atoms with Crippen molar-refractivity contribution in [2.24, 2.45) is 0 Å². The smallest absolute Gasteiger partial charge is 0.282 e. The van der Waals surface area contributed by atoms with Crippen LogP contribution >= 0.6 is 0 Å². The number of rotatable bonds is 5. The van der Waals surface area contributed by atoms with Crippen LogP contribution in [0.2, 0.25) is 0 Å². The number of aromatic nitrogens is 3. The monoisotopic (exact) mass is 434 g/mol. The molecule has 1 aliphatic heterocycles. The first-order valence-corrected chi connectivity index (χ1v) is 10.3. The number of carbonyl (C=O) groups excluding carboxylic acids is 2. The number of fused-ring (bicyclic) bond motifs is 3. The molecular weight excluding hydrogens is 414 g/mol. The number of amides is 1. The van der Waals surface area contributed by atoms with E-state index < -0.39 is 24.9 Å². The lowest BCUT2D eigenvalue weighted by molar-refractivity contribution is -0.00920. The molecule has 0 spiro atoms. The summed E-state index contributed by atoms with van der Waals surface area (Å²) in [6.45, 7) is -0.720. The van der Waals surface area contributed by atoms with E-state index in [4.69, 9.17) is 0 Å². The lowest BCUT2D eigenvalue weighted by Gasteiger charge is -2.15. The molecule has 0 unspecified atom stereocenters. The molecule has 1 amide bonds. The van der Waals surface area contributed by atoms with E-state index in [-0.39, 0.29) is 17.9 Å². The zero-order valence-corrected chi connectivity index (χ0v) is 17.1. The summed E-state index contributed by atoms with van der Waals surface area (Å²) in [7, 11) is 0. The molecule has 0 saturated heterocycles. The van der Waals surface area contributed by atoms with Crippen LogP contribution in [0.3, 0.4) is 0 Å². The van der Waals surface area contributed by atoms with Gasteiger partial charge in [-0.1, -0.05) is 42.5 Å². The normalized spacial score (nSPS) is 15.2. The maximum absolute atomic E-state index is 14.1. The summed E-state index contributed by atoms with van der Waals surface area (Å²) >= 11 is 0. The Balaban J connectivity index is 1.39. The molecule has 5 rings (SSSR count). The molecule has 3 heterocycles. The van der Waals surface area contributed by atoms with Gasteiger partial charge in [-0.05, 0) is 23.3 Å². The standard InChI is InChI=1S/C24H20F2N4O2/c25-24(26)14-27-23(32)21-9-18-6-7-19(10-20(18)30(21)15-24)22(31)8-17-11-28-29(13-17)12-16-4-2-1-3-5-16/h1-7,9-11,13H,8,12,14-15H2,(H,27,32). The zero-order chi connectivity index (χ0) is 22.3. The van der Waals surface area contributed by atoms with Crippen LogP contribution in [-0.2, 0) is 19.5 Å². The first-order valence-electron chi connectivity index (χ1n) is 10.3. The molecular formula is C24H20F2N4O2. The van der Waals surface area contributed by atoms with Crippen LogP contribution in [0.4, 0.5) is 8.78 Å². The predicted octanol–water partition coefficient (Wildman–Crippen LogP) is 3.69. The highest BCUT2D eigenvalue weighted by molar-refractivity contribution is 6.03. The van der Waals surface area contributed by atoms with Crippen LogP contribution < -0.4 is 5.32 Å². The number of halogens is 2. The molecule has 4 aromatic rings. The fraction of sp³-hybridized carbons (Fsp3) is 0.208. The average molecular weight is 434 g/mol. The largest absolute Gasteiger partial charge is 0.345 e. The van der Waals surface area contributed by atoms with E-state index in [9.17, 15) is 18.4 Å². The maximum Gasteiger partial charge on any atom is 0.282 e. The van der Waals surface area contributed by atoms with Crippen molar-refractivity contribution in [1.29, 1.82) is 0 Å². The quantitative estimate of drug-likeness (QED) is 0.487. The van der Waals surface area contributed by atoms with Gasteiger partial charge >= 0.3 is 0 Å². The molecule has 8 heteroatoms. The number of ketones is 1. The number of benzene rings is 2. The fourth-order valence-electron chi connectivity index (χ4n) is 4.02. The third kappa shape index (κ3) is 3.91. The van der Waals surface area contributed by atoms with Gasteiger partial charge in [0.2, 0.25) is 0 Å². The Bertz CT molecular complexity index is 1320. The van der Waals surface area contributed by atoms with Gasteiger partial charge in [-0.3, -0.25) is 14.3 Å². The van der Waals surface area contributed by atoms with Crippen LogP contribution in [-0.4, -0.2) is 38.5 Å². The number of nitrogens with zero attached hydrogens (tertiary/aromatic N) is 3. The highest BCUT2D eigenvalue weighted by atomic mass is 19.3. The van der Waals surface area contributed by atoms with Crippen molar-refractivity contribution >= 4 is 22.6 Å². The summed E-state index contributed by atoms with van der Waals surface area (Å²) < 4.78 is 31.3. The van der Waals surface area contributed by atoms with Gasteiger partial charge in [-0.15, -0.1) is 0 Å². The van der Waals surface area contributed by atoms with Crippen molar-refractivity contribution in [3.63, 3.8) is 0 Å². The average Bonchev–Trinajstić information content (AvgIpc) is 3.33. The van der Waals surface area contributed by atoms with Crippen LogP contribution in [0, 0.1) is 0 Å².